The Morgan fingerprint density at radius 2 is 2.00 bits per heavy atom. The molecule has 1 aliphatic heterocycles. The Morgan fingerprint density at radius 1 is 1.26 bits per heavy atom. The van der Waals surface area contributed by atoms with Gasteiger partial charge in [0.05, 0.1) is 5.56 Å². The zero-order valence-corrected chi connectivity index (χ0v) is 20.4. The quantitative estimate of drug-likeness (QED) is 0.608. The van der Waals surface area contributed by atoms with Crippen molar-refractivity contribution in [3.8, 4) is 0 Å². The van der Waals surface area contributed by atoms with Crippen LogP contribution in [0.2, 0.25) is 0 Å². The topological polar surface area (TPSA) is 61.9 Å². The minimum atomic E-state index is -4.53. The molecule has 2 aliphatic rings. The normalized spacial score (nSPS) is 25.9. The third-order valence-electron chi connectivity index (χ3n) is 7.40. The molecule has 6 nitrogen and oxygen atoms in total. The number of likely N-dealkylation sites (tertiary alicyclic amines) is 1. The second-order valence-corrected chi connectivity index (χ2v) is 9.76. The molecule has 190 valence electrons. The van der Waals surface area contributed by atoms with Crippen LogP contribution in [-0.4, -0.2) is 73.1 Å². The maximum Gasteiger partial charge on any atom is 0.416 e. The number of rotatable bonds is 8. The van der Waals surface area contributed by atoms with Gasteiger partial charge in [0, 0.05) is 44.0 Å². The zero-order valence-electron chi connectivity index (χ0n) is 20.4. The van der Waals surface area contributed by atoms with E-state index in [1.54, 1.807) is 7.11 Å². The third-order valence-corrected chi connectivity index (χ3v) is 7.40. The molecule has 3 rings (SSSR count). The van der Waals surface area contributed by atoms with E-state index in [0.29, 0.717) is 37.6 Å². The summed E-state index contributed by atoms with van der Waals surface area (Å²) in [4.78, 5) is 30.1. The van der Waals surface area contributed by atoms with Gasteiger partial charge in [0.1, 0.15) is 6.04 Å². The van der Waals surface area contributed by atoms with Gasteiger partial charge in [0.25, 0.3) is 5.91 Å². The lowest BCUT2D eigenvalue weighted by Crippen LogP contribution is -2.52. The van der Waals surface area contributed by atoms with Crippen molar-refractivity contribution in [3.05, 3.63) is 35.4 Å². The first kappa shape index (κ1) is 26.5. The molecule has 2 fully saturated rings. The maximum absolute atomic E-state index is 13.2. The molecule has 2 amide bonds. The molecule has 0 aromatic heterocycles. The highest BCUT2D eigenvalue weighted by Crippen LogP contribution is 2.36. The first-order valence-electron chi connectivity index (χ1n) is 12.0. The lowest BCUT2D eigenvalue weighted by atomic mass is 9.78. The molecule has 1 saturated heterocycles. The van der Waals surface area contributed by atoms with Gasteiger partial charge in [-0.2, -0.15) is 13.2 Å². The van der Waals surface area contributed by atoms with Crippen LogP contribution >= 0.6 is 0 Å². The first-order chi connectivity index (χ1) is 16.0. The van der Waals surface area contributed by atoms with Gasteiger partial charge in [0.15, 0.2) is 0 Å². The molecule has 1 aromatic rings. The highest BCUT2D eigenvalue weighted by atomic mass is 19.4. The van der Waals surface area contributed by atoms with Gasteiger partial charge in [-0.05, 0) is 77.1 Å². The van der Waals surface area contributed by atoms with Crippen molar-refractivity contribution >= 4 is 11.8 Å². The Labute approximate surface area is 199 Å². The average molecular weight is 484 g/mol. The fourth-order valence-electron chi connectivity index (χ4n) is 5.25. The van der Waals surface area contributed by atoms with Gasteiger partial charge in [-0.3, -0.25) is 9.59 Å². The fraction of sp³-hybridized carbons (Fsp3) is 0.680. The van der Waals surface area contributed by atoms with Crippen LogP contribution in [0.1, 0.15) is 61.9 Å². The van der Waals surface area contributed by atoms with E-state index in [1.807, 2.05) is 4.90 Å². The van der Waals surface area contributed by atoms with Crippen LogP contribution < -0.4 is 5.32 Å². The minimum absolute atomic E-state index is 0.0786. The number of carbonyl (C=O) groups is 2. The van der Waals surface area contributed by atoms with E-state index in [-0.39, 0.29) is 17.5 Å². The number of carbonyl (C=O) groups excluding carboxylic acids is 2. The van der Waals surface area contributed by atoms with Gasteiger partial charge in [-0.25, -0.2) is 0 Å². The number of methoxy groups -OCH3 is 1. The van der Waals surface area contributed by atoms with Crippen molar-refractivity contribution in [2.24, 2.45) is 5.92 Å². The number of ether oxygens (including phenoxy) is 1. The average Bonchev–Trinajstić information content (AvgIpc) is 3.16. The van der Waals surface area contributed by atoms with Crippen molar-refractivity contribution in [1.82, 2.24) is 15.1 Å². The number of benzene rings is 1. The molecule has 1 aromatic carbocycles. The predicted molar refractivity (Wildman–Crippen MR) is 123 cm³/mol. The monoisotopic (exact) mass is 483 g/mol. The second kappa shape index (κ2) is 11.1. The van der Waals surface area contributed by atoms with Crippen LogP contribution in [0.15, 0.2) is 24.3 Å². The molecule has 1 saturated carbocycles. The zero-order chi connectivity index (χ0) is 25.0. The maximum atomic E-state index is 13.2. The molecule has 0 unspecified atom stereocenters. The smallest absolute Gasteiger partial charge is 0.385 e. The van der Waals surface area contributed by atoms with E-state index in [1.165, 1.54) is 12.1 Å². The van der Waals surface area contributed by atoms with E-state index in [0.717, 1.165) is 37.8 Å². The Hall–Kier alpha value is -2.13. The lowest BCUT2D eigenvalue weighted by Gasteiger charge is -2.44. The Morgan fingerprint density at radius 3 is 2.65 bits per heavy atom. The van der Waals surface area contributed by atoms with Gasteiger partial charge in [-0.1, -0.05) is 6.07 Å². The van der Waals surface area contributed by atoms with Crippen molar-refractivity contribution in [2.45, 2.75) is 76.3 Å². The van der Waals surface area contributed by atoms with Crippen molar-refractivity contribution in [2.75, 3.05) is 27.3 Å². The van der Waals surface area contributed by atoms with Gasteiger partial charge < -0.3 is 19.9 Å². The minimum Gasteiger partial charge on any atom is -0.385 e. The molecular formula is C25H36F3N3O3. The summed E-state index contributed by atoms with van der Waals surface area (Å²) in [5, 5.41) is 2.66. The molecule has 34 heavy (non-hydrogen) atoms. The molecule has 0 bridgehead atoms. The predicted octanol–water partition coefficient (Wildman–Crippen LogP) is 3.95. The molecular weight excluding hydrogens is 447 g/mol. The van der Waals surface area contributed by atoms with Crippen LogP contribution in [-0.2, 0) is 15.7 Å². The summed E-state index contributed by atoms with van der Waals surface area (Å²) in [5.74, 6) is -0.519. The second-order valence-electron chi connectivity index (χ2n) is 9.76. The van der Waals surface area contributed by atoms with E-state index in [2.05, 4.69) is 31.1 Å². The number of nitrogens with zero attached hydrogens (tertiary/aromatic N) is 2. The van der Waals surface area contributed by atoms with Crippen LogP contribution in [0.5, 0.6) is 0 Å². The number of hydrogen-bond donors (Lipinski definition) is 1. The Bertz CT molecular complexity index is 861. The number of nitrogens with one attached hydrogen (secondary N) is 1. The van der Waals surface area contributed by atoms with Gasteiger partial charge >= 0.3 is 6.18 Å². The summed E-state index contributed by atoms with van der Waals surface area (Å²) >= 11 is 0. The van der Waals surface area contributed by atoms with Crippen LogP contribution in [0.25, 0.3) is 0 Å². The van der Waals surface area contributed by atoms with E-state index < -0.39 is 23.7 Å². The highest BCUT2D eigenvalue weighted by Gasteiger charge is 2.42. The molecule has 9 heteroatoms. The van der Waals surface area contributed by atoms with Crippen molar-refractivity contribution in [1.29, 1.82) is 0 Å². The first-order valence-corrected chi connectivity index (χ1v) is 12.0. The highest BCUT2D eigenvalue weighted by molar-refractivity contribution is 5.98. The SMILES string of the molecule is COCC[C@@H]1C[C@H](N(C)C(C)C)CC[C@@H]1N1CC[C@H](NC(=O)c2cccc(C(F)(F)F)c2)C1=O. The van der Waals surface area contributed by atoms with E-state index >= 15 is 0 Å². The molecule has 0 radical (unpaired) electrons. The Kier molecular flexibility index (Phi) is 8.62. The van der Waals surface area contributed by atoms with Crippen LogP contribution in [0, 0.1) is 5.92 Å². The number of alkyl halides is 3. The summed E-state index contributed by atoms with van der Waals surface area (Å²) in [5.41, 5.74) is -0.986. The standard InChI is InChI=1S/C25H36F3N3O3/c1-16(2)30(3)20-8-9-22(17(15-20)11-13-34-4)31-12-10-21(24(31)33)29-23(32)18-6-5-7-19(14-18)25(26,27)28/h5-7,14,16-17,20-22H,8-13,15H2,1-4H3,(H,29,32)/t17-,20-,21+,22+/m1/s1. The van der Waals surface area contributed by atoms with Crippen molar-refractivity contribution in [3.63, 3.8) is 0 Å². The fourth-order valence-corrected chi connectivity index (χ4v) is 5.25. The van der Waals surface area contributed by atoms with Crippen LogP contribution in [0.3, 0.4) is 0 Å². The summed E-state index contributed by atoms with van der Waals surface area (Å²) in [7, 11) is 3.82. The molecule has 1 aliphatic carbocycles. The molecule has 1 N–H and O–H groups in total. The summed E-state index contributed by atoms with van der Waals surface area (Å²) < 4.78 is 44.3. The van der Waals surface area contributed by atoms with E-state index in [4.69, 9.17) is 4.74 Å². The third kappa shape index (κ3) is 6.10. The number of halogens is 3. The lowest BCUT2D eigenvalue weighted by molar-refractivity contribution is -0.137. The molecule has 1 heterocycles. The molecule has 4 atom stereocenters. The summed E-state index contributed by atoms with van der Waals surface area (Å²) in [6.07, 6.45) is -0.366. The van der Waals surface area contributed by atoms with Gasteiger partial charge in [-0.15, -0.1) is 0 Å². The number of amides is 2. The van der Waals surface area contributed by atoms with Crippen molar-refractivity contribution < 1.29 is 27.5 Å². The molecule has 0 spiro atoms. The summed E-state index contributed by atoms with van der Waals surface area (Å²) in [6, 6.07) is 4.52. The Balaban J connectivity index is 1.67. The van der Waals surface area contributed by atoms with E-state index in [9.17, 15) is 22.8 Å². The largest absolute Gasteiger partial charge is 0.416 e. The van der Waals surface area contributed by atoms with Gasteiger partial charge in [0.2, 0.25) is 5.91 Å². The number of hydrogen-bond acceptors (Lipinski definition) is 4. The summed E-state index contributed by atoms with van der Waals surface area (Å²) in [6.45, 7) is 5.51. The van der Waals surface area contributed by atoms with Crippen LogP contribution in [0.4, 0.5) is 13.2 Å².